The van der Waals surface area contributed by atoms with E-state index in [1.165, 1.54) is 6.08 Å². The molecule has 1 aliphatic heterocycles. The summed E-state index contributed by atoms with van der Waals surface area (Å²) in [6, 6.07) is 15.8. The Morgan fingerprint density at radius 3 is 2.80 bits per heavy atom. The molecule has 1 aliphatic rings. The average molecular weight is 556 g/mol. The second-order valence-electron chi connectivity index (χ2n) is 9.55. The van der Waals surface area contributed by atoms with Gasteiger partial charge in [0.25, 0.3) is 0 Å². The van der Waals surface area contributed by atoms with Crippen LogP contribution in [-0.4, -0.2) is 85.3 Å². The summed E-state index contributed by atoms with van der Waals surface area (Å²) < 4.78 is 13.2. The lowest BCUT2D eigenvalue weighted by Gasteiger charge is -2.30. The number of carbonyl (C=O) groups excluding carboxylic acids is 2. The quantitative estimate of drug-likeness (QED) is 0.213. The number of ether oxygens (including phenoxy) is 2. The van der Waals surface area contributed by atoms with Gasteiger partial charge in [-0.15, -0.1) is 0 Å². The molecule has 11 nitrogen and oxygen atoms in total. The molecule has 1 saturated heterocycles. The van der Waals surface area contributed by atoms with Gasteiger partial charge in [-0.2, -0.15) is 4.98 Å². The van der Waals surface area contributed by atoms with Crippen LogP contribution in [0.3, 0.4) is 0 Å². The maximum atomic E-state index is 12.0. The number of fused-ring (bicyclic) bond motifs is 1. The molecule has 2 aromatic carbocycles. The Balaban J connectivity index is 1.44. The van der Waals surface area contributed by atoms with Crippen molar-refractivity contribution in [1.82, 2.24) is 24.8 Å². The Morgan fingerprint density at radius 2 is 2.00 bits per heavy atom. The lowest BCUT2D eigenvalue weighted by Crippen LogP contribution is -2.40. The van der Waals surface area contributed by atoms with Gasteiger partial charge in [0.15, 0.2) is 0 Å². The Hall–Kier alpha value is -4.74. The number of para-hydroxylation sites is 1. The first-order chi connectivity index (χ1) is 20.1. The monoisotopic (exact) mass is 555 g/mol. The molecule has 2 amide bonds. The molecule has 3 heterocycles. The van der Waals surface area contributed by atoms with Gasteiger partial charge in [0.1, 0.15) is 11.6 Å². The maximum Gasteiger partial charge on any atom is 0.250 e. The van der Waals surface area contributed by atoms with Gasteiger partial charge < -0.3 is 24.3 Å². The van der Waals surface area contributed by atoms with Crippen LogP contribution in [0.5, 0.6) is 5.75 Å². The number of methoxy groups -OCH3 is 1. The third-order valence-corrected chi connectivity index (χ3v) is 6.96. The van der Waals surface area contributed by atoms with Gasteiger partial charge in [0.2, 0.25) is 18.3 Å². The summed E-state index contributed by atoms with van der Waals surface area (Å²) in [4.78, 5) is 36.4. The Morgan fingerprint density at radius 1 is 1.17 bits per heavy atom. The standard InChI is InChI=1S/C30H33N7O4/c1-35(13-14-36-15-17-41-18-16-36)26-20-27(40-2)24(19-23(26)7-8-29(39)32-21-38)33-30-31-11-9-28(34-30)37-12-10-22-5-3-4-6-25(22)37/h3-12,19-21H,13-18H2,1-2H3,(H,31,33,34)(H,32,38,39). The van der Waals surface area contributed by atoms with Crippen molar-refractivity contribution in [1.29, 1.82) is 0 Å². The van der Waals surface area contributed by atoms with Crippen molar-refractivity contribution < 1.29 is 19.1 Å². The van der Waals surface area contributed by atoms with Crippen molar-refractivity contribution in [3.63, 3.8) is 0 Å². The summed E-state index contributed by atoms with van der Waals surface area (Å²) in [5.74, 6) is 1.18. The number of hydrogen-bond donors (Lipinski definition) is 2. The predicted octanol–water partition coefficient (Wildman–Crippen LogP) is 3.23. The summed E-state index contributed by atoms with van der Waals surface area (Å²) in [6.07, 6.45) is 7.04. The minimum Gasteiger partial charge on any atom is -0.494 e. The fraction of sp³-hybridized carbons (Fsp3) is 0.267. The molecular formula is C30H33N7O4. The topological polar surface area (TPSA) is 114 Å². The molecule has 5 rings (SSSR count). The first kappa shape index (κ1) is 27.8. The van der Waals surface area contributed by atoms with Gasteiger partial charge in [-0.25, -0.2) is 4.98 Å². The van der Waals surface area contributed by atoms with E-state index in [-0.39, 0.29) is 0 Å². The van der Waals surface area contributed by atoms with Crippen LogP contribution < -0.4 is 20.3 Å². The highest BCUT2D eigenvalue weighted by atomic mass is 16.5. The molecule has 0 spiro atoms. The Labute approximate surface area is 238 Å². The fourth-order valence-electron chi connectivity index (χ4n) is 4.77. The molecule has 2 aromatic heterocycles. The van der Waals surface area contributed by atoms with Crippen LogP contribution in [-0.2, 0) is 14.3 Å². The Kier molecular flexibility index (Phi) is 8.87. The lowest BCUT2D eigenvalue weighted by atomic mass is 10.1. The number of nitrogens with zero attached hydrogens (tertiary/aromatic N) is 5. The van der Waals surface area contributed by atoms with Crippen LogP contribution in [0, 0.1) is 0 Å². The molecule has 0 saturated carbocycles. The van der Waals surface area contributed by atoms with Gasteiger partial charge in [0.05, 0.1) is 31.5 Å². The fourth-order valence-corrected chi connectivity index (χ4v) is 4.77. The first-order valence-corrected chi connectivity index (χ1v) is 13.4. The van der Waals surface area contributed by atoms with E-state index in [1.54, 1.807) is 19.4 Å². The summed E-state index contributed by atoms with van der Waals surface area (Å²) in [5.41, 5.74) is 3.29. The summed E-state index contributed by atoms with van der Waals surface area (Å²) in [5, 5.41) is 6.54. The number of morpholine rings is 1. The highest BCUT2D eigenvalue weighted by molar-refractivity contribution is 5.98. The van der Waals surface area contributed by atoms with E-state index in [9.17, 15) is 9.59 Å². The molecule has 41 heavy (non-hydrogen) atoms. The van der Waals surface area contributed by atoms with Crippen molar-refractivity contribution in [3.05, 3.63) is 72.6 Å². The number of carbonyl (C=O) groups is 2. The van der Waals surface area contributed by atoms with E-state index in [1.807, 2.05) is 60.3 Å². The van der Waals surface area contributed by atoms with Crippen LogP contribution in [0.25, 0.3) is 22.8 Å². The number of hydrogen-bond acceptors (Lipinski definition) is 9. The van der Waals surface area contributed by atoms with Crippen LogP contribution in [0.1, 0.15) is 5.56 Å². The number of amides is 2. The molecule has 11 heteroatoms. The molecule has 0 bridgehead atoms. The van der Waals surface area contributed by atoms with Gasteiger partial charge in [-0.1, -0.05) is 18.2 Å². The van der Waals surface area contributed by atoms with E-state index in [0.29, 0.717) is 29.6 Å². The summed E-state index contributed by atoms with van der Waals surface area (Å²) in [7, 11) is 3.60. The van der Waals surface area contributed by atoms with E-state index in [4.69, 9.17) is 14.5 Å². The van der Waals surface area contributed by atoms with Crippen molar-refractivity contribution in [3.8, 4) is 11.6 Å². The van der Waals surface area contributed by atoms with Gasteiger partial charge in [0, 0.05) is 69.0 Å². The van der Waals surface area contributed by atoms with E-state index < -0.39 is 5.91 Å². The summed E-state index contributed by atoms with van der Waals surface area (Å²) in [6.45, 7) is 4.90. The zero-order valence-electron chi connectivity index (χ0n) is 23.1. The number of likely N-dealkylation sites (N-methyl/N-ethyl adjacent to an activating group) is 1. The number of rotatable bonds is 11. The van der Waals surface area contributed by atoms with Gasteiger partial charge in [-0.3, -0.25) is 19.8 Å². The SMILES string of the molecule is COc1cc(N(C)CCN2CCOCC2)c(C=CC(=O)NC=O)cc1Nc1nccc(-n2ccc3ccccc32)n1. The minimum absolute atomic E-state index is 0.362. The van der Waals surface area contributed by atoms with Crippen LogP contribution in [0.4, 0.5) is 17.3 Å². The second kappa shape index (κ2) is 13.1. The molecule has 0 unspecified atom stereocenters. The third-order valence-electron chi connectivity index (χ3n) is 6.96. The molecule has 0 radical (unpaired) electrons. The normalized spacial score (nSPS) is 13.8. The summed E-state index contributed by atoms with van der Waals surface area (Å²) >= 11 is 0. The zero-order chi connectivity index (χ0) is 28.6. The second-order valence-corrected chi connectivity index (χ2v) is 9.55. The highest BCUT2D eigenvalue weighted by Gasteiger charge is 2.17. The maximum absolute atomic E-state index is 12.0. The minimum atomic E-state index is -0.512. The number of nitrogens with one attached hydrogen (secondary N) is 2. The Bertz CT molecular complexity index is 1550. The zero-order valence-corrected chi connectivity index (χ0v) is 23.1. The third kappa shape index (κ3) is 6.71. The highest BCUT2D eigenvalue weighted by Crippen LogP contribution is 2.35. The van der Waals surface area contributed by atoms with Crippen LogP contribution in [0.15, 0.2) is 67.0 Å². The average Bonchev–Trinajstić information content (AvgIpc) is 3.44. The molecular weight excluding hydrogens is 522 g/mol. The molecule has 0 aliphatic carbocycles. The van der Waals surface area contributed by atoms with E-state index in [2.05, 4.69) is 31.5 Å². The largest absolute Gasteiger partial charge is 0.494 e. The van der Waals surface area contributed by atoms with E-state index in [0.717, 1.165) is 61.5 Å². The number of benzene rings is 2. The molecule has 212 valence electrons. The number of aromatic nitrogens is 3. The first-order valence-electron chi connectivity index (χ1n) is 13.4. The smallest absolute Gasteiger partial charge is 0.250 e. The molecule has 2 N–H and O–H groups in total. The van der Waals surface area contributed by atoms with Gasteiger partial charge in [-0.05, 0) is 35.7 Å². The van der Waals surface area contributed by atoms with Crippen molar-refractivity contribution in [2.75, 3.05) is 63.8 Å². The lowest BCUT2D eigenvalue weighted by molar-refractivity contribution is -0.121. The van der Waals surface area contributed by atoms with Crippen molar-refractivity contribution >= 4 is 46.6 Å². The number of anilines is 3. The molecule has 4 aromatic rings. The van der Waals surface area contributed by atoms with Crippen LogP contribution in [0.2, 0.25) is 0 Å². The van der Waals surface area contributed by atoms with E-state index >= 15 is 0 Å². The van der Waals surface area contributed by atoms with Crippen molar-refractivity contribution in [2.24, 2.45) is 0 Å². The molecule has 0 atom stereocenters. The van der Waals surface area contributed by atoms with Gasteiger partial charge >= 0.3 is 0 Å². The predicted molar refractivity (Wildman–Crippen MR) is 159 cm³/mol. The van der Waals surface area contributed by atoms with Crippen molar-refractivity contribution in [2.45, 2.75) is 0 Å². The number of imide groups is 1. The van der Waals surface area contributed by atoms with Crippen LogP contribution >= 0.6 is 0 Å². The molecule has 1 fully saturated rings.